The third-order valence-corrected chi connectivity index (χ3v) is 23.8. The van der Waals surface area contributed by atoms with E-state index in [-0.39, 0.29) is 0 Å². The van der Waals surface area contributed by atoms with Gasteiger partial charge in [0.25, 0.3) is 0 Å². The van der Waals surface area contributed by atoms with Gasteiger partial charge in [0, 0.05) is 77.5 Å². The van der Waals surface area contributed by atoms with Crippen molar-refractivity contribution in [3.63, 3.8) is 0 Å². The monoisotopic (exact) mass is 1580 g/mol. The van der Waals surface area contributed by atoms with E-state index >= 15 is 0 Å². The molecule has 0 spiro atoms. The van der Waals surface area contributed by atoms with E-state index in [0.717, 1.165) is 172 Å². The van der Waals surface area contributed by atoms with Crippen molar-refractivity contribution in [3.8, 4) is 84.9 Å². The molecule has 0 N–H and O–H groups in total. The van der Waals surface area contributed by atoms with Crippen molar-refractivity contribution in [3.05, 3.63) is 394 Å². The molecule has 13 heteroatoms. The van der Waals surface area contributed by atoms with Gasteiger partial charge in [-0.15, -0.1) is 0 Å². The average molecular weight is 1580 g/mol. The molecule has 16 aromatic carbocycles. The molecule has 0 saturated carbocycles. The second-order valence-electron chi connectivity index (χ2n) is 31.0. The van der Waals surface area contributed by atoms with E-state index in [1.165, 1.54) is 43.4 Å². The lowest BCUT2D eigenvalue weighted by Crippen LogP contribution is -2.02. The summed E-state index contributed by atoms with van der Waals surface area (Å²) in [5.41, 5.74) is 26.6. The molecule has 13 nitrogen and oxygen atoms in total. The first kappa shape index (κ1) is 69.2. The van der Waals surface area contributed by atoms with E-state index in [2.05, 4.69) is 220 Å². The molecule has 0 fully saturated rings. The second-order valence-corrected chi connectivity index (χ2v) is 31.0. The number of benzene rings is 16. The summed E-state index contributed by atoms with van der Waals surface area (Å²) in [6.07, 6.45) is 0. The van der Waals surface area contributed by atoms with Crippen molar-refractivity contribution in [1.29, 1.82) is 0 Å². The molecular formula is C110H65N7O6. The molecule has 0 aliphatic rings. The van der Waals surface area contributed by atoms with Gasteiger partial charge in [0.15, 0.2) is 45.1 Å². The molecule has 0 unspecified atom stereocenters. The summed E-state index contributed by atoms with van der Waals surface area (Å²) in [5, 5.41) is 13.4. The van der Waals surface area contributed by atoms with Crippen molar-refractivity contribution in [2.24, 2.45) is 0 Å². The van der Waals surface area contributed by atoms with Crippen LogP contribution in [0.15, 0.2) is 421 Å². The van der Waals surface area contributed by atoms with E-state index in [4.69, 9.17) is 46.4 Å². The Bertz CT molecular complexity index is 8530. The first-order valence-corrected chi connectivity index (χ1v) is 41.1. The predicted molar refractivity (Wildman–Crippen MR) is 497 cm³/mol. The van der Waals surface area contributed by atoms with Gasteiger partial charge in [-0.1, -0.05) is 297 Å². The maximum Gasteiger partial charge on any atom is 0.196 e. The normalized spacial score (nSPS) is 11.9. The molecule has 0 radical (unpaired) electrons. The molecule has 576 valence electrons. The highest BCUT2D eigenvalue weighted by atomic mass is 16.4. The first-order valence-electron chi connectivity index (χ1n) is 41.1. The van der Waals surface area contributed by atoms with Gasteiger partial charge >= 0.3 is 0 Å². The van der Waals surface area contributed by atoms with Crippen LogP contribution in [0.3, 0.4) is 0 Å². The third kappa shape index (κ3) is 11.1. The largest absolute Gasteiger partial charge is 0.450 e. The number of hydrogen-bond donors (Lipinski definition) is 0. The third-order valence-electron chi connectivity index (χ3n) is 23.8. The number of nitrogens with zero attached hydrogens (tertiary/aromatic N) is 7. The van der Waals surface area contributed by atoms with Gasteiger partial charge in [-0.25, -0.2) is 19.9 Å². The Morgan fingerprint density at radius 1 is 0.179 bits per heavy atom. The predicted octanol–water partition coefficient (Wildman–Crippen LogP) is 29.9. The molecule has 0 atom stereocenters. The van der Waals surface area contributed by atoms with E-state index in [1.807, 2.05) is 188 Å². The molecular weight excluding hydrogens is 1520 g/mol. The fraction of sp³-hybridized carbons (Fsp3) is 0. The highest BCUT2D eigenvalue weighted by Gasteiger charge is 2.31. The summed E-state index contributed by atoms with van der Waals surface area (Å²) in [4.78, 5) is 20.4. The van der Waals surface area contributed by atoms with Crippen LogP contribution in [0, 0.1) is 0 Å². The van der Waals surface area contributed by atoms with Crippen LogP contribution in [-0.2, 0) is 0 Å². The minimum atomic E-state index is 0.647. The van der Waals surface area contributed by atoms with E-state index in [9.17, 15) is 0 Å². The number of para-hydroxylation sites is 6. The molecule has 11 aromatic heterocycles. The summed E-state index contributed by atoms with van der Waals surface area (Å²) < 4.78 is 45.4. The Morgan fingerprint density at radius 3 is 0.862 bits per heavy atom. The maximum absolute atomic E-state index is 6.54. The van der Waals surface area contributed by atoms with Crippen LogP contribution >= 0.6 is 0 Å². The summed E-state index contributed by atoms with van der Waals surface area (Å²) in [6, 6.07) is 135. The van der Waals surface area contributed by atoms with Gasteiger partial charge in [-0.05, 0) is 129 Å². The number of rotatable bonds is 9. The quantitative estimate of drug-likeness (QED) is 0.128. The Balaban J connectivity index is 0.000000102. The van der Waals surface area contributed by atoms with Crippen molar-refractivity contribution in [2.45, 2.75) is 0 Å². The number of aromatic nitrogens is 7. The minimum Gasteiger partial charge on any atom is -0.450 e. The molecule has 123 heavy (non-hydrogen) atoms. The zero-order chi connectivity index (χ0) is 80.7. The van der Waals surface area contributed by atoms with Crippen LogP contribution in [0.5, 0.6) is 0 Å². The van der Waals surface area contributed by atoms with Crippen LogP contribution in [0.25, 0.3) is 250 Å². The van der Waals surface area contributed by atoms with Gasteiger partial charge in [0.05, 0.1) is 17.1 Å². The standard InChI is InChI=1S/C40H23NO2.C38H23N3O2.C32H19N3O2/c1-2-12-25-23-26(22-21-24(25)11-1)35-27-13-3-5-15-29(27)36(30-16-6-4-14-28(30)35)41-37-31-17-7-9-19-33(31)42-39(37)40-38(41)32-18-8-10-20-34(32)43-40;1-3-12-24(13-4-1)26-16-11-17-27(22-26)30-23-33(40-38(39-30)25-14-5-2-6-15-25)41-34-28-18-7-9-20-31(28)42-36(34)37-35(41)29-19-8-10-21-32(29)43-37;1-3-11-20(12-4-1)24-19-27(34-32(33-24)21-13-5-2-6-14-21)35-28-22-15-7-9-17-25(22)36-30(28)31-29(35)23-16-8-10-18-26(23)37-31/h2*1-23H;1-19H. The van der Waals surface area contributed by atoms with Crippen LogP contribution in [0.1, 0.15) is 0 Å². The SMILES string of the molecule is c1ccc(-c2cc(-n3c4c5ccccc5oc4c4oc5ccccc5c43)nc(-c3ccccc3)n2)cc1.c1ccc(-c2cccc(-c3cc(-n4c5c6ccccc6oc5c5oc6ccccc6c54)nc(-c4ccccc4)n3)c2)cc1.c1ccc2cc(-c3c4ccccc4c(-n4c5c6ccccc6oc5c5oc6ccccc6c54)c4ccccc34)ccc2c1. The highest BCUT2D eigenvalue weighted by molar-refractivity contribution is 6.27. The Kier molecular flexibility index (Phi) is 15.7. The lowest BCUT2D eigenvalue weighted by atomic mass is 9.89. The van der Waals surface area contributed by atoms with Crippen LogP contribution in [-0.4, -0.2) is 33.6 Å². The summed E-state index contributed by atoms with van der Waals surface area (Å²) in [5.74, 6) is 2.80. The zero-order valence-electron chi connectivity index (χ0n) is 65.6. The average Bonchev–Trinajstić information content (AvgIpc) is 1.55. The number of furan rings is 6. The van der Waals surface area contributed by atoms with Gasteiger partial charge in [-0.3, -0.25) is 9.13 Å². The summed E-state index contributed by atoms with van der Waals surface area (Å²) >= 11 is 0. The molecule has 0 amide bonds. The Hall–Kier alpha value is -16.9. The molecule has 11 heterocycles. The number of hydrogen-bond acceptors (Lipinski definition) is 10. The lowest BCUT2D eigenvalue weighted by Gasteiger charge is -2.19. The van der Waals surface area contributed by atoms with Crippen LogP contribution < -0.4 is 0 Å². The van der Waals surface area contributed by atoms with Gasteiger partial charge in [0.2, 0.25) is 0 Å². The maximum atomic E-state index is 6.54. The van der Waals surface area contributed by atoms with E-state index in [0.29, 0.717) is 34.0 Å². The zero-order valence-corrected chi connectivity index (χ0v) is 65.6. The Morgan fingerprint density at radius 2 is 0.472 bits per heavy atom. The van der Waals surface area contributed by atoms with E-state index < -0.39 is 0 Å². The molecule has 27 aromatic rings. The van der Waals surface area contributed by atoms with Crippen molar-refractivity contribution < 1.29 is 26.5 Å². The number of fused-ring (bicyclic) bond motifs is 24. The summed E-state index contributed by atoms with van der Waals surface area (Å²) in [7, 11) is 0. The summed E-state index contributed by atoms with van der Waals surface area (Å²) in [6.45, 7) is 0. The topological polar surface area (TPSA) is 145 Å². The van der Waals surface area contributed by atoms with Gasteiger partial charge in [-0.2, -0.15) is 0 Å². The fourth-order valence-electron chi connectivity index (χ4n) is 18.4. The van der Waals surface area contributed by atoms with Crippen LogP contribution in [0.2, 0.25) is 0 Å². The van der Waals surface area contributed by atoms with Crippen molar-refractivity contribution in [2.75, 3.05) is 0 Å². The highest BCUT2D eigenvalue weighted by Crippen LogP contribution is 2.51. The van der Waals surface area contributed by atoms with Gasteiger partial charge in [0.1, 0.15) is 78.2 Å². The second kappa shape index (κ2) is 27.9. The Labute approximate surface area is 699 Å². The van der Waals surface area contributed by atoms with Crippen molar-refractivity contribution >= 4 is 165 Å². The molecule has 0 aliphatic heterocycles. The lowest BCUT2D eigenvalue weighted by molar-refractivity contribution is 0.634. The van der Waals surface area contributed by atoms with Crippen LogP contribution in [0.4, 0.5) is 0 Å². The van der Waals surface area contributed by atoms with Gasteiger partial charge < -0.3 is 31.1 Å². The molecule has 0 aliphatic carbocycles. The molecule has 0 bridgehead atoms. The fourth-order valence-corrected chi connectivity index (χ4v) is 18.4. The first-order chi connectivity index (χ1) is 61.0. The molecule has 27 rings (SSSR count). The van der Waals surface area contributed by atoms with E-state index in [1.54, 1.807) is 0 Å². The van der Waals surface area contributed by atoms with Crippen molar-refractivity contribution in [1.82, 2.24) is 33.6 Å². The minimum absolute atomic E-state index is 0.647. The smallest absolute Gasteiger partial charge is 0.196 e. The molecule has 0 saturated heterocycles.